The first-order valence-electron chi connectivity index (χ1n) is 8.84. The molecule has 1 saturated heterocycles. The predicted octanol–water partition coefficient (Wildman–Crippen LogP) is 2.44. The summed E-state index contributed by atoms with van der Waals surface area (Å²) in [5.74, 6) is 3.29. The van der Waals surface area contributed by atoms with Crippen LogP contribution in [0.25, 0.3) is 0 Å². The van der Waals surface area contributed by atoms with Crippen LogP contribution in [0.2, 0.25) is 0 Å². The maximum atomic E-state index is 12.9. The third-order valence-corrected chi connectivity index (χ3v) is 4.47. The van der Waals surface area contributed by atoms with Gasteiger partial charge in [0.25, 0.3) is 5.91 Å². The zero-order chi connectivity index (χ0) is 18.2. The van der Waals surface area contributed by atoms with E-state index in [2.05, 4.69) is 15.8 Å². The summed E-state index contributed by atoms with van der Waals surface area (Å²) in [5.41, 5.74) is 1.57. The molecule has 0 radical (unpaired) electrons. The van der Waals surface area contributed by atoms with Gasteiger partial charge < -0.3 is 9.64 Å². The molecule has 1 aliphatic rings. The Labute approximate surface area is 154 Å². The van der Waals surface area contributed by atoms with Crippen molar-refractivity contribution in [2.45, 2.75) is 13.0 Å². The first kappa shape index (κ1) is 18.0. The molecule has 1 fully saturated rings. The highest BCUT2D eigenvalue weighted by molar-refractivity contribution is 5.97. The van der Waals surface area contributed by atoms with E-state index in [0.717, 1.165) is 31.6 Å². The van der Waals surface area contributed by atoms with Gasteiger partial charge in [-0.15, -0.1) is 12.3 Å². The van der Waals surface area contributed by atoms with Gasteiger partial charge in [-0.3, -0.25) is 14.7 Å². The quantitative estimate of drug-likeness (QED) is 0.752. The van der Waals surface area contributed by atoms with Gasteiger partial charge in [-0.2, -0.15) is 0 Å². The fourth-order valence-electron chi connectivity index (χ4n) is 2.98. The van der Waals surface area contributed by atoms with Crippen LogP contribution in [0.5, 0.6) is 5.75 Å². The molecule has 5 nitrogen and oxygen atoms in total. The Morgan fingerprint density at radius 1 is 1.15 bits per heavy atom. The molecule has 134 valence electrons. The van der Waals surface area contributed by atoms with Crippen LogP contribution in [0.15, 0.2) is 48.8 Å². The van der Waals surface area contributed by atoms with Gasteiger partial charge in [0.05, 0.1) is 5.56 Å². The average Bonchev–Trinajstić information content (AvgIpc) is 2.71. The van der Waals surface area contributed by atoms with Crippen LogP contribution in [-0.2, 0) is 6.61 Å². The fraction of sp³-hybridized carbons (Fsp3) is 0.333. The Morgan fingerprint density at radius 3 is 2.69 bits per heavy atom. The Kier molecular flexibility index (Phi) is 6.24. The van der Waals surface area contributed by atoms with Crippen molar-refractivity contribution in [1.82, 2.24) is 14.8 Å². The highest BCUT2D eigenvalue weighted by Crippen LogP contribution is 2.22. The third-order valence-electron chi connectivity index (χ3n) is 4.47. The zero-order valence-corrected chi connectivity index (χ0v) is 14.8. The number of carbonyl (C=O) groups is 1. The molecule has 1 aromatic carbocycles. The molecule has 26 heavy (non-hydrogen) atoms. The van der Waals surface area contributed by atoms with E-state index in [1.165, 1.54) is 0 Å². The number of nitrogens with zero attached hydrogens (tertiary/aromatic N) is 3. The molecule has 0 bridgehead atoms. The monoisotopic (exact) mass is 349 g/mol. The van der Waals surface area contributed by atoms with E-state index in [0.29, 0.717) is 31.0 Å². The van der Waals surface area contributed by atoms with E-state index in [4.69, 9.17) is 11.2 Å². The lowest BCUT2D eigenvalue weighted by molar-refractivity contribution is 0.0635. The number of ether oxygens (including phenoxy) is 1. The second kappa shape index (κ2) is 9.02. The Bertz CT molecular complexity index is 762. The number of benzene rings is 1. The average molecular weight is 349 g/mol. The smallest absolute Gasteiger partial charge is 0.257 e. The zero-order valence-electron chi connectivity index (χ0n) is 14.8. The second-order valence-electron chi connectivity index (χ2n) is 6.23. The predicted molar refractivity (Wildman–Crippen MR) is 101 cm³/mol. The van der Waals surface area contributed by atoms with Crippen LogP contribution in [0.3, 0.4) is 0 Å². The molecule has 0 unspecified atom stereocenters. The van der Waals surface area contributed by atoms with Gasteiger partial charge in [-0.1, -0.05) is 18.2 Å². The van der Waals surface area contributed by atoms with Crippen molar-refractivity contribution < 1.29 is 9.53 Å². The summed E-state index contributed by atoms with van der Waals surface area (Å²) >= 11 is 0. The maximum absolute atomic E-state index is 12.9. The van der Waals surface area contributed by atoms with Gasteiger partial charge in [0.2, 0.25) is 0 Å². The van der Waals surface area contributed by atoms with E-state index < -0.39 is 0 Å². The van der Waals surface area contributed by atoms with Crippen LogP contribution >= 0.6 is 0 Å². The fourth-order valence-corrected chi connectivity index (χ4v) is 2.98. The number of aromatic nitrogens is 1. The van der Waals surface area contributed by atoms with Gasteiger partial charge in [0, 0.05) is 57.1 Å². The molecule has 0 aliphatic carbocycles. The molecule has 0 N–H and O–H groups in total. The molecular formula is C21H23N3O2. The number of para-hydroxylation sites is 1. The summed E-state index contributed by atoms with van der Waals surface area (Å²) in [6.07, 6.45) is 9.56. The van der Waals surface area contributed by atoms with E-state index >= 15 is 0 Å². The van der Waals surface area contributed by atoms with Crippen molar-refractivity contribution in [3.05, 3.63) is 59.9 Å². The summed E-state index contributed by atoms with van der Waals surface area (Å²) < 4.78 is 5.89. The van der Waals surface area contributed by atoms with Crippen LogP contribution < -0.4 is 4.74 Å². The maximum Gasteiger partial charge on any atom is 0.257 e. The molecule has 5 heteroatoms. The van der Waals surface area contributed by atoms with Crippen LogP contribution in [0.4, 0.5) is 0 Å². The summed E-state index contributed by atoms with van der Waals surface area (Å²) in [5, 5.41) is 0. The Hall–Kier alpha value is -2.84. The number of carbonyl (C=O) groups excluding carboxylic acids is 1. The minimum atomic E-state index is 0.0170. The number of rotatable bonds is 6. The molecule has 1 aliphatic heterocycles. The molecular weight excluding hydrogens is 326 g/mol. The van der Waals surface area contributed by atoms with Crippen LogP contribution in [-0.4, -0.2) is 53.4 Å². The molecule has 0 saturated carbocycles. The summed E-state index contributed by atoms with van der Waals surface area (Å²) in [6.45, 7) is 4.40. The van der Waals surface area contributed by atoms with Gasteiger partial charge >= 0.3 is 0 Å². The first-order chi connectivity index (χ1) is 12.8. The summed E-state index contributed by atoms with van der Waals surface area (Å²) in [7, 11) is 0. The standard InChI is InChI=1S/C21H23N3O2/c1-2-3-11-23-12-14-24(15-13-23)21(25)19-8-4-5-9-20(19)26-17-18-7-6-10-22-16-18/h1,4-10,16H,3,11-15,17H2. The van der Waals surface area contributed by atoms with Crippen molar-refractivity contribution >= 4 is 5.91 Å². The van der Waals surface area contributed by atoms with Gasteiger partial charge in [-0.05, 0) is 18.2 Å². The lowest BCUT2D eigenvalue weighted by Crippen LogP contribution is -2.48. The van der Waals surface area contributed by atoms with E-state index in [9.17, 15) is 4.79 Å². The number of piperazine rings is 1. The summed E-state index contributed by atoms with van der Waals surface area (Å²) in [6, 6.07) is 11.2. The molecule has 3 rings (SSSR count). The van der Waals surface area contributed by atoms with Crippen molar-refractivity contribution in [2.24, 2.45) is 0 Å². The van der Waals surface area contributed by atoms with Gasteiger partial charge in [-0.25, -0.2) is 0 Å². The lowest BCUT2D eigenvalue weighted by Gasteiger charge is -2.34. The second-order valence-corrected chi connectivity index (χ2v) is 6.23. The Balaban J connectivity index is 1.62. The highest BCUT2D eigenvalue weighted by atomic mass is 16.5. The molecule has 1 amide bonds. The number of hydrogen-bond donors (Lipinski definition) is 0. The normalized spacial score (nSPS) is 14.7. The largest absolute Gasteiger partial charge is 0.488 e. The molecule has 2 heterocycles. The first-order valence-corrected chi connectivity index (χ1v) is 8.84. The third kappa shape index (κ3) is 4.62. The Morgan fingerprint density at radius 2 is 1.96 bits per heavy atom. The topological polar surface area (TPSA) is 45.7 Å². The summed E-state index contributed by atoms with van der Waals surface area (Å²) in [4.78, 5) is 21.2. The molecule has 1 aromatic heterocycles. The van der Waals surface area contributed by atoms with Crippen LogP contribution in [0, 0.1) is 12.3 Å². The van der Waals surface area contributed by atoms with Crippen molar-refractivity contribution in [3.8, 4) is 18.1 Å². The van der Waals surface area contributed by atoms with E-state index in [-0.39, 0.29) is 5.91 Å². The SMILES string of the molecule is C#CCCN1CCN(C(=O)c2ccccc2OCc2cccnc2)CC1. The van der Waals surface area contributed by atoms with Crippen molar-refractivity contribution in [2.75, 3.05) is 32.7 Å². The van der Waals surface area contributed by atoms with Gasteiger partial charge in [0.15, 0.2) is 0 Å². The van der Waals surface area contributed by atoms with E-state index in [1.54, 1.807) is 12.4 Å². The van der Waals surface area contributed by atoms with E-state index in [1.807, 2.05) is 41.3 Å². The highest BCUT2D eigenvalue weighted by Gasteiger charge is 2.23. The molecule has 0 spiro atoms. The number of pyridine rings is 1. The lowest BCUT2D eigenvalue weighted by atomic mass is 10.1. The number of hydrogen-bond acceptors (Lipinski definition) is 4. The van der Waals surface area contributed by atoms with Crippen LogP contribution in [0.1, 0.15) is 22.3 Å². The number of terminal acetylenes is 1. The molecule has 0 atom stereocenters. The minimum Gasteiger partial charge on any atom is -0.488 e. The van der Waals surface area contributed by atoms with Crippen molar-refractivity contribution in [1.29, 1.82) is 0 Å². The van der Waals surface area contributed by atoms with Crippen molar-refractivity contribution in [3.63, 3.8) is 0 Å². The molecule has 2 aromatic rings. The minimum absolute atomic E-state index is 0.0170. The van der Waals surface area contributed by atoms with Gasteiger partial charge in [0.1, 0.15) is 12.4 Å². The number of amides is 1.